The highest BCUT2D eigenvalue weighted by molar-refractivity contribution is 14.1. The van der Waals surface area contributed by atoms with Crippen molar-refractivity contribution in [1.82, 2.24) is 15.5 Å². The Morgan fingerprint density at radius 1 is 1.47 bits per heavy atom. The van der Waals surface area contributed by atoms with Gasteiger partial charge in [0, 0.05) is 16.0 Å². The average Bonchev–Trinajstić information content (AvgIpc) is 2.86. The summed E-state index contributed by atoms with van der Waals surface area (Å²) in [5, 5.41) is 7.15. The standard InChI is InChI=1S/C13H16IN3O2/c1-8(15-2)6-12-16-13(19-17-12)10-5-4-9(18-3)7-11(10)14/h4-5,7-8,15H,6H2,1-3H3. The average molecular weight is 373 g/mol. The van der Waals surface area contributed by atoms with Crippen molar-refractivity contribution in [3.05, 3.63) is 27.6 Å². The van der Waals surface area contributed by atoms with E-state index in [9.17, 15) is 0 Å². The molecule has 19 heavy (non-hydrogen) atoms. The molecule has 0 aliphatic carbocycles. The minimum Gasteiger partial charge on any atom is -0.497 e. The summed E-state index contributed by atoms with van der Waals surface area (Å²) in [6.07, 6.45) is 0.743. The van der Waals surface area contributed by atoms with E-state index in [1.54, 1.807) is 7.11 Å². The molecule has 0 bridgehead atoms. The van der Waals surface area contributed by atoms with Gasteiger partial charge in [-0.25, -0.2) is 0 Å². The molecule has 1 unspecified atom stereocenters. The highest BCUT2D eigenvalue weighted by Crippen LogP contribution is 2.27. The molecular weight excluding hydrogens is 357 g/mol. The maximum Gasteiger partial charge on any atom is 0.258 e. The largest absolute Gasteiger partial charge is 0.497 e. The molecule has 1 atom stereocenters. The zero-order valence-electron chi connectivity index (χ0n) is 11.1. The molecule has 1 N–H and O–H groups in total. The summed E-state index contributed by atoms with van der Waals surface area (Å²) >= 11 is 2.23. The van der Waals surface area contributed by atoms with Gasteiger partial charge in [0.1, 0.15) is 5.75 Å². The molecular formula is C13H16IN3O2. The quantitative estimate of drug-likeness (QED) is 0.817. The second-order valence-electron chi connectivity index (χ2n) is 4.26. The predicted molar refractivity (Wildman–Crippen MR) is 81.2 cm³/mol. The van der Waals surface area contributed by atoms with Gasteiger partial charge in [0.15, 0.2) is 5.82 Å². The van der Waals surface area contributed by atoms with Gasteiger partial charge in [0.2, 0.25) is 0 Å². The Hall–Kier alpha value is -1.15. The number of aromatic nitrogens is 2. The van der Waals surface area contributed by atoms with Crippen LogP contribution in [-0.2, 0) is 6.42 Å². The molecule has 1 aromatic carbocycles. The summed E-state index contributed by atoms with van der Waals surface area (Å²) in [4.78, 5) is 4.42. The zero-order chi connectivity index (χ0) is 13.8. The van der Waals surface area contributed by atoms with Crippen LogP contribution in [0.4, 0.5) is 0 Å². The van der Waals surface area contributed by atoms with Crippen molar-refractivity contribution in [2.75, 3.05) is 14.2 Å². The molecule has 0 saturated heterocycles. The van der Waals surface area contributed by atoms with Crippen LogP contribution >= 0.6 is 22.6 Å². The van der Waals surface area contributed by atoms with E-state index >= 15 is 0 Å². The topological polar surface area (TPSA) is 60.2 Å². The van der Waals surface area contributed by atoms with Crippen molar-refractivity contribution in [3.8, 4) is 17.2 Å². The molecule has 0 aliphatic rings. The summed E-state index contributed by atoms with van der Waals surface area (Å²) in [5.41, 5.74) is 0.928. The third-order valence-corrected chi connectivity index (χ3v) is 3.75. The van der Waals surface area contributed by atoms with Crippen LogP contribution in [0.2, 0.25) is 0 Å². The van der Waals surface area contributed by atoms with E-state index in [2.05, 4.69) is 45.0 Å². The van der Waals surface area contributed by atoms with Crippen molar-refractivity contribution >= 4 is 22.6 Å². The van der Waals surface area contributed by atoms with Crippen LogP contribution in [0.15, 0.2) is 22.7 Å². The summed E-state index contributed by atoms with van der Waals surface area (Å²) in [6, 6.07) is 6.08. The van der Waals surface area contributed by atoms with Gasteiger partial charge in [0.05, 0.1) is 12.7 Å². The van der Waals surface area contributed by atoms with Crippen LogP contribution in [-0.4, -0.2) is 30.3 Å². The second-order valence-corrected chi connectivity index (χ2v) is 5.42. The van der Waals surface area contributed by atoms with Gasteiger partial charge in [0.25, 0.3) is 5.89 Å². The lowest BCUT2D eigenvalue weighted by atomic mass is 10.2. The van der Waals surface area contributed by atoms with E-state index in [1.807, 2.05) is 25.2 Å². The smallest absolute Gasteiger partial charge is 0.258 e. The predicted octanol–water partition coefficient (Wildman–Crippen LogP) is 2.50. The van der Waals surface area contributed by atoms with E-state index in [4.69, 9.17) is 9.26 Å². The molecule has 2 rings (SSSR count). The maximum atomic E-state index is 5.32. The number of ether oxygens (including phenoxy) is 1. The van der Waals surface area contributed by atoms with Gasteiger partial charge in [-0.15, -0.1) is 0 Å². The molecule has 0 radical (unpaired) electrons. The number of hydrogen-bond donors (Lipinski definition) is 1. The number of nitrogens with one attached hydrogen (secondary N) is 1. The van der Waals surface area contributed by atoms with Crippen molar-refractivity contribution in [3.63, 3.8) is 0 Å². The SMILES string of the molecule is CNC(C)Cc1noc(-c2ccc(OC)cc2I)n1. The summed E-state index contributed by atoms with van der Waals surface area (Å²) in [6.45, 7) is 2.08. The first-order valence-electron chi connectivity index (χ1n) is 5.97. The highest BCUT2D eigenvalue weighted by atomic mass is 127. The molecule has 0 amide bonds. The van der Waals surface area contributed by atoms with Crippen molar-refractivity contribution in [2.24, 2.45) is 0 Å². The molecule has 6 heteroatoms. The minimum atomic E-state index is 0.320. The lowest BCUT2D eigenvalue weighted by molar-refractivity contribution is 0.412. The number of nitrogens with zero attached hydrogens (tertiary/aromatic N) is 2. The third kappa shape index (κ3) is 3.44. The molecule has 5 nitrogen and oxygen atoms in total. The van der Waals surface area contributed by atoms with Crippen molar-refractivity contribution in [1.29, 1.82) is 0 Å². The first kappa shape index (κ1) is 14.3. The normalized spacial score (nSPS) is 12.4. The Kier molecular flexibility index (Phi) is 4.76. The van der Waals surface area contributed by atoms with Crippen LogP contribution < -0.4 is 10.1 Å². The van der Waals surface area contributed by atoms with Crippen LogP contribution in [0.5, 0.6) is 5.75 Å². The molecule has 1 aromatic heterocycles. The highest BCUT2D eigenvalue weighted by Gasteiger charge is 2.13. The van der Waals surface area contributed by atoms with Crippen molar-refractivity contribution in [2.45, 2.75) is 19.4 Å². The Labute approximate surface area is 125 Å². The number of hydrogen-bond acceptors (Lipinski definition) is 5. The maximum absolute atomic E-state index is 5.32. The fourth-order valence-corrected chi connectivity index (χ4v) is 2.34. The summed E-state index contributed by atoms with van der Waals surface area (Å²) < 4.78 is 11.5. The molecule has 1 heterocycles. The Morgan fingerprint density at radius 2 is 2.26 bits per heavy atom. The summed E-state index contributed by atoms with van der Waals surface area (Å²) in [5.74, 6) is 2.07. The van der Waals surface area contributed by atoms with E-state index in [1.165, 1.54) is 0 Å². The van der Waals surface area contributed by atoms with Crippen LogP contribution in [0.3, 0.4) is 0 Å². The van der Waals surface area contributed by atoms with Gasteiger partial charge in [-0.05, 0) is 54.8 Å². The molecule has 2 aromatic rings. The van der Waals surface area contributed by atoms with E-state index < -0.39 is 0 Å². The number of halogens is 1. The van der Waals surface area contributed by atoms with Gasteiger partial charge in [-0.2, -0.15) is 4.98 Å². The fourth-order valence-electron chi connectivity index (χ4n) is 1.62. The Balaban J connectivity index is 2.23. The molecule has 0 spiro atoms. The van der Waals surface area contributed by atoms with E-state index in [0.717, 1.165) is 21.3 Å². The zero-order valence-corrected chi connectivity index (χ0v) is 13.3. The van der Waals surface area contributed by atoms with Crippen LogP contribution in [0.25, 0.3) is 11.5 Å². The molecule has 0 aliphatic heterocycles. The monoisotopic (exact) mass is 373 g/mol. The van der Waals surface area contributed by atoms with Crippen LogP contribution in [0, 0.1) is 3.57 Å². The minimum absolute atomic E-state index is 0.320. The third-order valence-electron chi connectivity index (χ3n) is 2.86. The second kappa shape index (κ2) is 6.33. The summed E-state index contributed by atoms with van der Waals surface area (Å²) in [7, 11) is 3.56. The molecule has 0 saturated carbocycles. The first-order valence-corrected chi connectivity index (χ1v) is 7.05. The van der Waals surface area contributed by atoms with Gasteiger partial charge in [-0.3, -0.25) is 0 Å². The number of methoxy groups -OCH3 is 1. The Morgan fingerprint density at radius 3 is 2.89 bits per heavy atom. The van der Waals surface area contributed by atoms with Crippen molar-refractivity contribution < 1.29 is 9.26 Å². The first-order chi connectivity index (χ1) is 9.13. The van der Waals surface area contributed by atoms with Gasteiger partial charge < -0.3 is 14.6 Å². The van der Waals surface area contributed by atoms with E-state index in [-0.39, 0.29) is 0 Å². The lowest BCUT2D eigenvalue weighted by Gasteiger charge is -2.05. The van der Waals surface area contributed by atoms with E-state index in [0.29, 0.717) is 17.8 Å². The molecule has 102 valence electrons. The number of benzene rings is 1. The number of rotatable bonds is 5. The van der Waals surface area contributed by atoms with Gasteiger partial charge >= 0.3 is 0 Å². The van der Waals surface area contributed by atoms with Crippen LogP contribution in [0.1, 0.15) is 12.7 Å². The lowest BCUT2D eigenvalue weighted by Crippen LogP contribution is -2.24. The number of likely N-dealkylation sites (N-methyl/N-ethyl adjacent to an activating group) is 1. The van der Waals surface area contributed by atoms with Gasteiger partial charge in [-0.1, -0.05) is 5.16 Å². The Bertz CT molecular complexity index is 557. The molecule has 0 fully saturated rings. The fraction of sp³-hybridized carbons (Fsp3) is 0.385.